The summed E-state index contributed by atoms with van der Waals surface area (Å²) < 4.78 is 5.73. The normalized spacial score (nSPS) is 21.3. The van der Waals surface area contributed by atoms with Gasteiger partial charge in [-0.25, -0.2) is 0 Å². The summed E-state index contributed by atoms with van der Waals surface area (Å²) in [5, 5.41) is 16.9. The first-order valence-electron chi connectivity index (χ1n) is 10.4. The molecule has 3 aliphatic heterocycles. The highest BCUT2D eigenvalue weighted by molar-refractivity contribution is 6.05. The van der Waals surface area contributed by atoms with Crippen molar-refractivity contribution >= 4 is 29.8 Å². The molecule has 1 aromatic heterocycles. The zero-order valence-corrected chi connectivity index (χ0v) is 16.9. The van der Waals surface area contributed by atoms with Crippen LogP contribution < -0.4 is 20.9 Å². The van der Waals surface area contributed by atoms with Crippen LogP contribution in [0.4, 0.5) is 12.0 Å². The van der Waals surface area contributed by atoms with E-state index in [1.807, 2.05) is 17.0 Å². The number of carbonyl (C=O) groups is 3. The number of nitrogens with one attached hydrogen (secondary N) is 3. The van der Waals surface area contributed by atoms with Gasteiger partial charge < -0.3 is 24.9 Å². The van der Waals surface area contributed by atoms with Crippen LogP contribution in [0.2, 0.25) is 0 Å². The maximum atomic E-state index is 12.9. The van der Waals surface area contributed by atoms with Crippen molar-refractivity contribution in [1.29, 1.82) is 0 Å². The molecule has 11 heteroatoms. The molecule has 0 saturated carbocycles. The van der Waals surface area contributed by atoms with E-state index in [1.54, 1.807) is 11.0 Å². The predicted octanol–water partition coefficient (Wildman–Crippen LogP) is -0.148. The van der Waals surface area contributed by atoms with Crippen LogP contribution in [0.15, 0.2) is 22.6 Å². The average molecular weight is 425 g/mol. The molecular formula is C20H23N7O4. The van der Waals surface area contributed by atoms with Crippen molar-refractivity contribution in [3.8, 4) is 0 Å². The van der Waals surface area contributed by atoms with Gasteiger partial charge in [-0.15, -0.1) is 0 Å². The number of nitrogens with zero attached hydrogens (tertiary/aromatic N) is 4. The molecule has 3 aliphatic rings. The third-order valence-corrected chi connectivity index (χ3v) is 5.91. The van der Waals surface area contributed by atoms with Gasteiger partial charge in [0.2, 0.25) is 11.8 Å². The van der Waals surface area contributed by atoms with Crippen molar-refractivity contribution in [3.63, 3.8) is 0 Å². The molecule has 0 radical (unpaired) electrons. The molecule has 0 bridgehead atoms. The van der Waals surface area contributed by atoms with Gasteiger partial charge in [0.15, 0.2) is 0 Å². The summed E-state index contributed by atoms with van der Waals surface area (Å²) in [5.74, 6) is -0.899. The van der Waals surface area contributed by atoms with Gasteiger partial charge >= 0.3 is 12.0 Å². The van der Waals surface area contributed by atoms with E-state index in [-0.39, 0.29) is 18.2 Å². The number of fused-ring (bicyclic) bond motifs is 1. The van der Waals surface area contributed by atoms with Crippen LogP contribution in [0.5, 0.6) is 0 Å². The Kier molecular flexibility index (Phi) is 5.02. The highest BCUT2D eigenvalue weighted by atomic mass is 16.4. The smallest absolute Gasteiger partial charge is 0.319 e. The van der Waals surface area contributed by atoms with Gasteiger partial charge in [-0.1, -0.05) is 22.3 Å². The zero-order chi connectivity index (χ0) is 21.4. The Hall–Kier alpha value is -3.47. The van der Waals surface area contributed by atoms with Crippen LogP contribution in [-0.2, 0) is 22.7 Å². The molecule has 4 heterocycles. The minimum absolute atomic E-state index is 0.190. The van der Waals surface area contributed by atoms with Crippen LogP contribution in [0.3, 0.4) is 0 Å². The summed E-state index contributed by atoms with van der Waals surface area (Å²) in [6.45, 7) is 4.10. The lowest BCUT2D eigenvalue weighted by Crippen LogP contribution is -2.52. The molecule has 2 aromatic rings. The molecule has 31 heavy (non-hydrogen) atoms. The average Bonchev–Trinajstić information content (AvgIpc) is 3.38. The van der Waals surface area contributed by atoms with E-state index >= 15 is 0 Å². The number of hydrogen-bond acceptors (Lipinski definition) is 9. The number of piperidine rings is 1. The minimum Gasteiger partial charge on any atom is -0.389 e. The van der Waals surface area contributed by atoms with E-state index in [9.17, 15) is 14.4 Å². The first kappa shape index (κ1) is 19.5. The second kappa shape index (κ2) is 7.99. The van der Waals surface area contributed by atoms with Gasteiger partial charge in [-0.2, -0.15) is 0 Å². The van der Waals surface area contributed by atoms with Gasteiger partial charge in [-0.05, 0) is 23.6 Å². The van der Waals surface area contributed by atoms with E-state index in [0.29, 0.717) is 37.1 Å². The Balaban J connectivity index is 1.28. The number of aromatic nitrogens is 2. The largest absolute Gasteiger partial charge is 0.389 e. The second-order valence-electron chi connectivity index (χ2n) is 7.82. The Morgan fingerprint density at radius 1 is 1.16 bits per heavy atom. The lowest BCUT2D eigenvalue weighted by molar-refractivity contribution is -0.136. The number of piperazine rings is 1. The van der Waals surface area contributed by atoms with Gasteiger partial charge in [0.1, 0.15) is 6.04 Å². The third kappa shape index (κ3) is 3.72. The van der Waals surface area contributed by atoms with E-state index in [0.717, 1.165) is 37.3 Å². The molecule has 1 aromatic carbocycles. The Labute approximate surface area is 178 Å². The molecular weight excluding hydrogens is 402 g/mol. The maximum Gasteiger partial charge on any atom is 0.319 e. The summed E-state index contributed by atoms with van der Waals surface area (Å²) in [6, 6.07) is 5.69. The van der Waals surface area contributed by atoms with Crippen LogP contribution in [0, 0.1) is 0 Å². The molecule has 0 spiro atoms. The van der Waals surface area contributed by atoms with Crippen LogP contribution in [0.1, 0.15) is 34.3 Å². The first-order chi connectivity index (χ1) is 15.1. The van der Waals surface area contributed by atoms with Crippen molar-refractivity contribution in [3.05, 3.63) is 34.9 Å². The minimum atomic E-state index is -0.629. The summed E-state index contributed by atoms with van der Waals surface area (Å²) in [4.78, 5) is 40.2. The standard InChI is InChI=1S/C20H23N7O4/c28-16-5-4-15(17(29)23-16)27-11-14-12(2-1-3-13(14)18(27)30)10-22-19-24-25-20(31-19)26-8-6-21-7-9-26/h1-3,15,21H,4-11H2,(H,22,24)(H,23,28,29). The Morgan fingerprint density at radius 3 is 2.81 bits per heavy atom. The molecule has 11 nitrogen and oxygen atoms in total. The van der Waals surface area contributed by atoms with Crippen LogP contribution >= 0.6 is 0 Å². The lowest BCUT2D eigenvalue weighted by atomic mass is 10.0. The molecule has 5 rings (SSSR count). The quantitative estimate of drug-likeness (QED) is 0.560. The fourth-order valence-electron chi connectivity index (χ4n) is 4.26. The van der Waals surface area contributed by atoms with Crippen molar-refractivity contribution in [2.75, 3.05) is 36.4 Å². The highest BCUT2D eigenvalue weighted by Crippen LogP contribution is 2.30. The van der Waals surface area contributed by atoms with Gasteiger partial charge in [-0.3, -0.25) is 19.7 Å². The highest BCUT2D eigenvalue weighted by Gasteiger charge is 2.39. The van der Waals surface area contributed by atoms with Crippen molar-refractivity contribution in [1.82, 2.24) is 25.7 Å². The summed E-state index contributed by atoms with van der Waals surface area (Å²) in [5.41, 5.74) is 2.37. The SMILES string of the molecule is O=C1CCC(N2Cc3c(CNc4nnc(N5CCNCC5)o4)cccc3C2=O)C(=O)N1. The van der Waals surface area contributed by atoms with Gasteiger partial charge in [0, 0.05) is 51.3 Å². The number of amides is 3. The van der Waals surface area contributed by atoms with Crippen molar-refractivity contribution in [2.45, 2.75) is 32.0 Å². The molecule has 162 valence electrons. The summed E-state index contributed by atoms with van der Waals surface area (Å²) in [7, 11) is 0. The van der Waals surface area contributed by atoms with E-state index in [1.165, 1.54) is 0 Å². The van der Waals surface area contributed by atoms with Crippen molar-refractivity contribution in [2.24, 2.45) is 0 Å². The van der Waals surface area contributed by atoms with E-state index < -0.39 is 11.9 Å². The monoisotopic (exact) mass is 425 g/mol. The molecule has 3 amide bonds. The van der Waals surface area contributed by atoms with Crippen molar-refractivity contribution < 1.29 is 18.8 Å². The summed E-state index contributed by atoms with van der Waals surface area (Å²) >= 11 is 0. The first-order valence-corrected chi connectivity index (χ1v) is 10.4. The number of rotatable bonds is 5. The number of anilines is 2. The number of hydrogen-bond donors (Lipinski definition) is 3. The van der Waals surface area contributed by atoms with Crippen LogP contribution in [0.25, 0.3) is 0 Å². The molecule has 1 unspecified atom stereocenters. The second-order valence-corrected chi connectivity index (χ2v) is 7.82. The number of imide groups is 1. The predicted molar refractivity (Wildman–Crippen MR) is 109 cm³/mol. The number of carbonyl (C=O) groups excluding carboxylic acids is 3. The fourth-order valence-corrected chi connectivity index (χ4v) is 4.26. The van der Waals surface area contributed by atoms with E-state index in [4.69, 9.17) is 4.42 Å². The third-order valence-electron chi connectivity index (χ3n) is 5.91. The van der Waals surface area contributed by atoms with Gasteiger partial charge in [0.25, 0.3) is 5.91 Å². The topological polar surface area (TPSA) is 133 Å². The molecule has 1 atom stereocenters. The van der Waals surface area contributed by atoms with E-state index in [2.05, 4.69) is 26.1 Å². The lowest BCUT2D eigenvalue weighted by Gasteiger charge is -2.29. The van der Waals surface area contributed by atoms with Gasteiger partial charge in [0.05, 0.1) is 0 Å². The zero-order valence-electron chi connectivity index (χ0n) is 16.9. The number of benzene rings is 1. The molecule has 2 fully saturated rings. The maximum absolute atomic E-state index is 12.9. The van der Waals surface area contributed by atoms with Crippen LogP contribution in [-0.4, -0.2) is 65.0 Å². The molecule has 0 aliphatic carbocycles. The Morgan fingerprint density at radius 2 is 2.00 bits per heavy atom. The summed E-state index contributed by atoms with van der Waals surface area (Å²) in [6.07, 6.45) is 0.576. The molecule has 3 N–H and O–H groups in total. The fraction of sp³-hybridized carbons (Fsp3) is 0.450. The Bertz CT molecular complexity index is 1030. The molecule has 2 saturated heterocycles.